The number of hydrogen-bond acceptors (Lipinski definition) is 5. The van der Waals surface area contributed by atoms with Gasteiger partial charge in [0, 0.05) is 18.9 Å². The maximum absolute atomic E-state index is 10.8. The van der Waals surface area contributed by atoms with Crippen molar-refractivity contribution < 1.29 is 14.6 Å². The van der Waals surface area contributed by atoms with Crippen molar-refractivity contribution in [2.24, 2.45) is 0 Å². The number of nitrogens with one attached hydrogen (secondary N) is 1. The highest BCUT2D eigenvalue weighted by Gasteiger charge is 2.51. The zero-order valence-corrected chi connectivity index (χ0v) is 14.2. The number of benzene rings is 1. The van der Waals surface area contributed by atoms with Gasteiger partial charge in [-0.05, 0) is 23.8 Å². The van der Waals surface area contributed by atoms with Gasteiger partial charge in [0.1, 0.15) is 12.1 Å². The molecule has 2 aromatic rings. The Hall–Kier alpha value is -1.15. The molecule has 2 aliphatic rings. The summed E-state index contributed by atoms with van der Waals surface area (Å²) < 4.78 is 13.3. The lowest BCUT2D eigenvalue weighted by Gasteiger charge is -2.38. The number of aliphatic hydroxyl groups excluding tert-OH is 1. The van der Waals surface area contributed by atoms with E-state index >= 15 is 0 Å². The van der Waals surface area contributed by atoms with Gasteiger partial charge in [-0.2, -0.15) is 5.10 Å². The number of nitrogens with zero attached hydrogens (tertiary/aromatic N) is 2. The molecule has 5 unspecified atom stereocenters. The third-order valence-electron chi connectivity index (χ3n) is 4.49. The summed E-state index contributed by atoms with van der Waals surface area (Å²) in [6, 6.07) is 6.63. The van der Waals surface area contributed by atoms with Crippen LogP contribution in [-0.4, -0.2) is 46.0 Å². The van der Waals surface area contributed by atoms with Gasteiger partial charge in [-0.15, -0.1) is 0 Å². The van der Waals surface area contributed by atoms with Crippen LogP contribution >= 0.6 is 23.2 Å². The summed E-state index contributed by atoms with van der Waals surface area (Å²) in [6.07, 6.45) is 2.12. The van der Waals surface area contributed by atoms with E-state index in [1.54, 1.807) is 23.1 Å². The third-order valence-corrected chi connectivity index (χ3v) is 5.23. The van der Waals surface area contributed by atoms with Crippen molar-refractivity contribution in [1.82, 2.24) is 15.1 Å². The van der Waals surface area contributed by atoms with Crippen LogP contribution in [-0.2, 0) is 16.0 Å². The largest absolute Gasteiger partial charge is 0.389 e. The molecule has 4 rings (SSSR count). The van der Waals surface area contributed by atoms with Crippen molar-refractivity contribution in [2.75, 3.05) is 6.61 Å². The number of rotatable bonds is 4. The van der Waals surface area contributed by atoms with E-state index in [-0.39, 0.29) is 18.2 Å². The van der Waals surface area contributed by atoms with E-state index < -0.39 is 12.4 Å². The Labute approximate surface area is 149 Å². The highest BCUT2D eigenvalue weighted by atomic mass is 35.5. The molecule has 5 atom stereocenters. The number of ether oxygens (including phenoxy) is 2. The van der Waals surface area contributed by atoms with Gasteiger partial charge in [0.15, 0.2) is 6.29 Å². The molecule has 2 bridgehead atoms. The predicted octanol–water partition coefficient (Wildman–Crippen LogP) is 2.01. The van der Waals surface area contributed by atoms with Crippen molar-refractivity contribution in [3.63, 3.8) is 0 Å². The van der Waals surface area contributed by atoms with Crippen LogP contribution in [0.25, 0.3) is 0 Å². The Morgan fingerprint density at radius 2 is 2.21 bits per heavy atom. The van der Waals surface area contributed by atoms with Crippen LogP contribution in [0.4, 0.5) is 0 Å². The Morgan fingerprint density at radius 3 is 2.96 bits per heavy atom. The maximum atomic E-state index is 10.8. The number of halogens is 2. The molecular weight excluding hydrogens is 353 g/mol. The van der Waals surface area contributed by atoms with E-state index in [2.05, 4.69) is 10.4 Å². The molecule has 0 radical (unpaired) electrons. The fourth-order valence-corrected chi connectivity index (χ4v) is 3.60. The standard InChI is InChI=1S/C16H17Cl2N3O3/c17-10-3-2-9(6-11(10)18)7-19-13-12-8-23-16(24-12)14(15(13)22)21-5-1-4-20-21/h1-6,12-16,19,22H,7-8H2. The Bertz CT molecular complexity index is 713. The molecular formula is C16H17Cl2N3O3. The lowest BCUT2D eigenvalue weighted by atomic mass is 9.96. The van der Waals surface area contributed by atoms with E-state index in [1.807, 2.05) is 18.2 Å². The summed E-state index contributed by atoms with van der Waals surface area (Å²) in [5, 5.41) is 19.4. The van der Waals surface area contributed by atoms with Gasteiger partial charge in [-0.3, -0.25) is 4.68 Å². The fourth-order valence-electron chi connectivity index (χ4n) is 3.28. The minimum absolute atomic E-state index is 0.195. The van der Waals surface area contributed by atoms with Crippen LogP contribution in [0, 0.1) is 0 Å². The number of aromatic nitrogens is 2. The van der Waals surface area contributed by atoms with Gasteiger partial charge >= 0.3 is 0 Å². The van der Waals surface area contributed by atoms with Gasteiger partial charge in [0.05, 0.1) is 28.8 Å². The topological polar surface area (TPSA) is 68.5 Å². The lowest BCUT2D eigenvalue weighted by molar-refractivity contribution is -0.168. The normalized spacial score (nSPS) is 32.2. The molecule has 1 aromatic carbocycles. The van der Waals surface area contributed by atoms with E-state index in [9.17, 15) is 5.11 Å². The second-order valence-electron chi connectivity index (χ2n) is 6.00. The number of fused-ring (bicyclic) bond motifs is 2. The first-order valence-electron chi connectivity index (χ1n) is 7.75. The summed E-state index contributed by atoms with van der Waals surface area (Å²) in [5.74, 6) is 0. The minimum Gasteiger partial charge on any atom is -0.389 e. The molecule has 6 nitrogen and oxygen atoms in total. The fraction of sp³-hybridized carbons (Fsp3) is 0.438. The van der Waals surface area contributed by atoms with Crippen molar-refractivity contribution >= 4 is 23.2 Å². The SMILES string of the molecule is OC1C(NCc2ccc(Cl)c(Cl)c2)C2COC(O2)C1n1cccn1. The van der Waals surface area contributed by atoms with E-state index in [0.29, 0.717) is 23.2 Å². The molecule has 1 aromatic heterocycles. The summed E-state index contributed by atoms with van der Waals surface area (Å²) in [4.78, 5) is 0. The van der Waals surface area contributed by atoms with Crippen molar-refractivity contribution in [3.8, 4) is 0 Å². The molecule has 8 heteroatoms. The zero-order chi connectivity index (χ0) is 16.7. The van der Waals surface area contributed by atoms with E-state index in [4.69, 9.17) is 32.7 Å². The molecule has 0 aliphatic carbocycles. The van der Waals surface area contributed by atoms with Crippen LogP contribution < -0.4 is 5.32 Å². The summed E-state index contributed by atoms with van der Waals surface area (Å²) in [6.45, 7) is 0.980. The first kappa shape index (κ1) is 16.3. The van der Waals surface area contributed by atoms with Gasteiger partial charge in [0.25, 0.3) is 0 Å². The van der Waals surface area contributed by atoms with E-state index in [1.165, 1.54) is 0 Å². The molecule has 0 amide bonds. The van der Waals surface area contributed by atoms with Gasteiger partial charge in [0.2, 0.25) is 0 Å². The summed E-state index contributed by atoms with van der Waals surface area (Å²) in [7, 11) is 0. The monoisotopic (exact) mass is 369 g/mol. The first-order chi connectivity index (χ1) is 11.6. The Morgan fingerprint density at radius 1 is 1.33 bits per heavy atom. The Kier molecular flexibility index (Phi) is 4.51. The lowest BCUT2D eigenvalue weighted by Crippen LogP contribution is -2.57. The van der Waals surface area contributed by atoms with Crippen LogP contribution in [0.15, 0.2) is 36.7 Å². The zero-order valence-electron chi connectivity index (χ0n) is 12.7. The summed E-state index contributed by atoms with van der Waals surface area (Å²) in [5.41, 5.74) is 0.980. The molecule has 3 heterocycles. The van der Waals surface area contributed by atoms with Gasteiger partial charge in [-0.25, -0.2) is 0 Å². The second-order valence-corrected chi connectivity index (χ2v) is 6.81. The molecule has 2 aliphatic heterocycles. The maximum Gasteiger partial charge on any atom is 0.183 e. The molecule has 128 valence electrons. The van der Waals surface area contributed by atoms with Gasteiger partial charge < -0.3 is 19.9 Å². The van der Waals surface area contributed by atoms with Gasteiger partial charge in [-0.1, -0.05) is 29.3 Å². The summed E-state index contributed by atoms with van der Waals surface area (Å²) >= 11 is 12.0. The molecule has 2 saturated heterocycles. The molecule has 0 saturated carbocycles. The average Bonchev–Trinajstić information content (AvgIpc) is 3.22. The molecule has 24 heavy (non-hydrogen) atoms. The van der Waals surface area contributed by atoms with Crippen molar-refractivity contribution in [2.45, 2.75) is 37.1 Å². The highest BCUT2D eigenvalue weighted by molar-refractivity contribution is 6.42. The third kappa shape index (κ3) is 2.94. The molecule has 2 N–H and O–H groups in total. The quantitative estimate of drug-likeness (QED) is 0.862. The second kappa shape index (κ2) is 6.63. The van der Waals surface area contributed by atoms with Crippen LogP contribution in [0.5, 0.6) is 0 Å². The van der Waals surface area contributed by atoms with Crippen LogP contribution in [0.1, 0.15) is 11.6 Å². The molecule has 2 fully saturated rings. The van der Waals surface area contributed by atoms with Crippen LogP contribution in [0.3, 0.4) is 0 Å². The smallest absolute Gasteiger partial charge is 0.183 e. The minimum atomic E-state index is -0.682. The van der Waals surface area contributed by atoms with Crippen molar-refractivity contribution in [3.05, 3.63) is 52.3 Å². The Balaban J connectivity index is 1.50. The average molecular weight is 370 g/mol. The first-order valence-corrected chi connectivity index (χ1v) is 8.50. The number of aliphatic hydroxyl groups is 1. The van der Waals surface area contributed by atoms with E-state index in [0.717, 1.165) is 5.56 Å². The number of hydrogen-bond donors (Lipinski definition) is 2. The molecule has 0 spiro atoms. The predicted molar refractivity (Wildman–Crippen MR) is 89.0 cm³/mol. The van der Waals surface area contributed by atoms with Crippen LogP contribution in [0.2, 0.25) is 10.0 Å². The van der Waals surface area contributed by atoms with Crippen molar-refractivity contribution in [1.29, 1.82) is 0 Å². The highest BCUT2D eigenvalue weighted by Crippen LogP contribution is 2.35.